The highest BCUT2D eigenvalue weighted by Gasteiger charge is 2.34. The van der Waals surface area contributed by atoms with Crippen LogP contribution in [0.25, 0.3) is 10.1 Å². The maximum Gasteiger partial charge on any atom is 0.419 e. The zero-order chi connectivity index (χ0) is 17.5. The highest BCUT2D eigenvalue weighted by molar-refractivity contribution is 9.10. The second-order valence-corrected chi connectivity index (χ2v) is 7.06. The smallest absolute Gasteiger partial charge is 0.419 e. The monoisotopic (exact) mass is 416 g/mol. The number of ether oxygens (including phenoxy) is 1. The largest absolute Gasteiger partial charge is 0.496 e. The number of benzene rings is 1. The molecule has 2 heterocycles. The number of hydrogen-bond acceptors (Lipinski definition) is 4. The van der Waals surface area contributed by atoms with Crippen LogP contribution in [0.1, 0.15) is 10.4 Å². The van der Waals surface area contributed by atoms with Crippen LogP contribution in [0.5, 0.6) is 5.75 Å². The van der Waals surface area contributed by atoms with Crippen LogP contribution < -0.4 is 10.1 Å². The van der Waals surface area contributed by atoms with E-state index in [0.717, 1.165) is 25.5 Å². The predicted molar refractivity (Wildman–Crippen MR) is 93.3 cm³/mol. The topological polar surface area (TPSA) is 34.1 Å². The molecule has 0 unspecified atom stereocenters. The van der Waals surface area contributed by atoms with Gasteiger partial charge >= 0.3 is 6.18 Å². The number of hydrogen-bond donors (Lipinski definition) is 1. The standard InChI is InChI=1S/C16H12BrF3N2OS/c1-8-13(17)10-5-6-21-15(14(10)24-8)22-9-3-4-11(16(18,19)20)12(7-9)23-2/h3-7H,1-2H3,(H,21,22). The molecule has 0 bridgehead atoms. The van der Waals surface area contributed by atoms with Gasteiger partial charge in [0.25, 0.3) is 0 Å². The van der Waals surface area contributed by atoms with Crippen molar-refractivity contribution in [1.82, 2.24) is 4.98 Å². The summed E-state index contributed by atoms with van der Waals surface area (Å²) in [5, 5.41) is 4.08. The molecule has 3 rings (SSSR count). The van der Waals surface area contributed by atoms with Crippen LogP contribution in [0.2, 0.25) is 0 Å². The fourth-order valence-corrected chi connectivity index (χ4v) is 4.03. The quantitative estimate of drug-likeness (QED) is 0.556. The molecular weight excluding hydrogens is 405 g/mol. The molecule has 0 saturated carbocycles. The number of halogens is 4. The Bertz CT molecular complexity index is 908. The van der Waals surface area contributed by atoms with Crippen molar-refractivity contribution in [2.45, 2.75) is 13.1 Å². The number of rotatable bonds is 3. The lowest BCUT2D eigenvalue weighted by molar-refractivity contribution is -0.138. The maximum absolute atomic E-state index is 12.9. The number of fused-ring (bicyclic) bond motifs is 1. The number of methoxy groups -OCH3 is 1. The van der Waals surface area contributed by atoms with E-state index in [4.69, 9.17) is 4.74 Å². The number of nitrogens with zero attached hydrogens (tertiary/aromatic N) is 1. The van der Waals surface area contributed by atoms with Crippen LogP contribution in [0.4, 0.5) is 24.7 Å². The molecule has 3 nitrogen and oxygen atoms in total. The number of aryl methyl sites for hydroxylation is 1. The zero-order valence-electron chi connectivity index (χ0n) is 12.7. The van der Waals surface area contributed by atoms with Gasteiger partial charge in [0, 0.05) is 32.7 Å². The highest BCUT2D eigenvalue weighted by Crippen LogP contribution is 2.40. The Morgan fingerprint density at radius 2 is 2.00 bits per heavy atom. The molecule has 0 aliphatic carbocycles. The number of aromatic nitrogens is 1. The molecule has 3 aromatic rings. The fourth-order valence-electron chi connectivity index (χ4n) is 2.34. The van der Waals surface area contributed by atoms with Crippen molar-refractivity contribution in [3.63, 3.8) is 0 Å². The first kappa shape index (κ1) is 17.0. The van der Waals surface area contributed by atoms with Crippen molar-refractivity contribution in [2.24, 2.45) is 0 Å². The van der Waals surface area contributed by atoms with Gasteiger partial charge in [0.1, 0.15) is 11.6 Å². The van der Waals surface area contributed by atoms with E-state index in [-0.39, 0.29) is 5.75 Å². The third kappa shape index (κ3) is 3.08. The summed E-state index contributed by atoms with van der Waals surface area (Å²) < 4.78 is 45.6. The Morgan fingerprint density at radius 3 is 2.67 bits per heavy atom. The summed E-state index contributed by atoms with van der Waals surface area (Å²) >= 11 is 5.09. The van der Waals surface area contributed by atoms with Gasteiger partial charge in [-0.1, -0.05) is 0 Å². The molecule has 0 fully saturated rings. The molecule has 2 aromatic heterocycles. The van der Waals surface area contributed by atoms with Crippen LogP contribution in [-0.2, 0) is 6.18 Å². The minimum Gasteiger partial charge on any atom is -0.496 e. The van der Waals surface area contributed by atoms with E-state index in [2.05, 4.69) is 26.2 Å². The summed E-state index contributed by atoms with van der Waals surface area (Å²) in [5.41, 5.74) is -0.335. The zero-order valence-corrected chi connectivity index (χ0v) is 15.1. The van der Waals surface area contributed by atoms with Crippen LogP contribution in [-0.4, -0.2) is 12.1 Å². The number of alkyl halides is 3. The third-order valence-corrected chi connectivity index (χ3v) is 5.89. The van der Waals surface area contributed by atoms with Crippen molar-refractivity contribution in [1.29, 1.82) is 0 Å². The van der Waals surface area contributed by atoms with Gasteiger partial charge in [-0.15, -0.1) is 11.3 Å². The third-order valence-electron chi connectivity index (χ3n) is 3.47. The second-order valence-electron chi connectivity index (χ2n) is 5.05. The molecule has 0 saturated heterocycles. The van der Waals surface area contributed by atoms with E-state index in [1.54, 1.807) is 17.5 Å². The van der Waals surface area contributed by atoms with Crippen molar-refractivity contribution >= 4 is 48.9 Å². The summed E-state index contributed by atoms with van der Waals surface area (Å²) in [4.78, 5) is 5.40. The van der Waals surface area contributed by atoms with E-state index in [1.165, 1.54) is 19.2 Å². The first-order valence-corrected chi connectivity index (χ1v) is 8.48. The number of thiophene rings is 1. The molecule has 126 valence electrons. The molecule has 0 aliphatic heterocycles. The number of anilines is 2. The summed E-state index contributed by atoms with van der Waals surface area (Å²) in [6.45, 7) is 1.99. The van der Waals surface area contributed by atoms with Gasteiger partial charge in [-0.2, -0.15) is 13.2 Å². The number of nitrogens with one attached hydrogen (secondary N) is 1. The van der Waals surface area contributed by atoms with E-state index in [1.807, 2.05) is 13.0 Å². The van der Waals surface area contributed by atoms with Crippen LogP contribution in [0.3, 0.4) is 0 Å². The molecule has 24 heavy (non-hydrogen) atoms. The van der Waals surface area contributed by atoms with Crippen molar-refractivity contribution in [3.8, 4) is 5.75 Å². The Balaban J connectivity index is 2.02. The number of pyridine rings is 1. The maximum atomic E-state index is 12.9. The van der Waals surface area contributed by atoms with Crippen LogP contribution in [0, 0.1) is 6.92 Å². The van der Waals surface area contributed by atoms with Gasteiger partial charge in [0.2, 0.25) is 0 Å². The van der Waals surface area contributed by atoms with Crippen molar-refractivity contribution in [3.05, 3.63) is 45.4 Å². The molecular formula is C16H12BrF3N2OS. The Morgan fingerprint density at radius 1 is 1.25 bits per heavy atom. The van der Waals surface area contributed by atoms with E-state index in [0.29, 0.717) is 11.5 Å². The van der Waals surface area contributed by atoms with Gasteiger partial charge in [0.05, 0.1) is 17.4 Å². The summed E-state index contributed by atoms with van der Waals surface area (Å²) in [7, 11) is 1.22. The summed E-state index contributed by atoms with van der Waals surface area (Å²) in [6, 6.07) is 5.57. The minimum absolute atomic E-state index is 0.233. The lowest BCUT2D eigenvalue weighted by Crippen LogP contribution is -2.07. The first-order valence-electron chi connectivity index (χ1n) is 6.87. The molecule has 0 atom stereocenters. The normalized spacial score (nSPS) is 11.8. The lowest BCUT2D eigenvalue weighted by Gasteiger charge is -2.14. The van der Waals surface area contributed by atoms with Gasteiger partial charge in [-0.3, -0.25) is 0 Å². The minimum atomic E-state index is -4.46. The van der Waals surface area contributed by atoms with Crippen molar-refractivity contribution < 1.29 is 17.9 Å². The average molecular weight is 417 g/mol. The van der Waals surface area contributed by atoms with E-state index in [9.17, 15) is 13.2 Å². The summed E-state index contributed by atoms with van der Waals surface area (Å²) in [6.07, 6.45) is -2.80. The second kappa shape index (κ2) is 6.25. The van der Waals surface area contributed by atoms with E-state index < -0.39 is 11.7 Å². The Labute approximate surface area is 148 Å². The van der Waals surface area contributed by atoms with Gasteiger partial charge < -0.3 is 10.1 Å². The predicted octanol–water partition coefficient (Wildman–Crippen LogP) is 6.14. The highest BCUT2D eigenvalue weighted by atomic mass is 79.9. The molecule has 0 aliphatic rings. The fraction of sp³-hybridized carbons (Fsp3) is 0.188. The molecule has 1 aromatic carbocycles. The molecule has 1 N–H and O–H groups in total. The van der Waals surface area contributed by atoms with Crippen molar-refractivity contribution in [2.75, 3.05) is 12.4 Å². The molecule has 0 spiro atoms. The van der Waals surface area contributed by atoms with Crippen LogP contribution >= 0.6 is 27.3 Å². The van der Waals surface area contributed by atoms with Gasteiger partial charge in [0.15, 0.2) is 0 Å². The van der Waals surface area contributed by atoms with E-state index >= 15 is 0 Å². The molecule has 0 radical (unpaired) electrons. The first-order chi connectivity index (χ1) is 11.3. The van der Waals surface area contributed by atoms with Gasteiger partial charge in [-0.25, -0.2) is 4.98 Å². The summed E-state index contributed by atoms with van der Waals surface area (Å²) in [5.74, 6) is 0.358. The SMILES string of the molecule is COc1cc(Nc2nccc3c(Br)c(C)sc23)ccc1C(F)(F)F. The Hall–Kier alpha value is -1.80. The molecule has 8 heteroatoms. The molecule has 0 amide bonds. The Kier molecular flexibility index (Phi) is 4.44. The van der Waals surface area contributed by atoms with Crippen LogP contribution in [0.15, 0.2) is 34.9 Å². The van der Waals surface area contributed by atoms with Gasteiger partial charge in [-0.05, 0) is 41.1 Å². The average Bonchev–Trinajstić information content (AvgIpc) is 2.82. The lowest BCUT2D eigenvalue weighted by atomic mass is 10.1.